The number of hydrogen-bond acceptors (Lipinski definition) is 7. The Morgan fingerprint density at radius 3 is 2.55 bits per heavy atom. The maximum Gasteiger partial charge on any atom is 0.254 e. The van der Waals surface area contributed by atoms with Crippen molar-refractivity contribution >= 4 is 22.8 Å². The van der Waals surface area contributed by atoms with Crippen molar-refractivity contribution in [2.75, 3.05) is 25.1 Å². The van der Waals surface area contributed by atoms with Crippen LogP contribution in [0.4, 0.5) is 5.82 Å². The van der Waals surface area contributed by atoms with Crippen molar-refractivity contribution in [2.45, 2.75) is 45.4 Å². The van der Waals surface area contributed by atoms with Gasteiger partial charge in [-0.15, -0.1) is 0 Å². The molecule has 5 rings (SSSR count). The van der Waals surface area contributed by atoms with Crippen LogP contribution in [0.3, 0.4) is 0 Å². The van der Waals surface area contributed by atoms with Gasteiger partial charge < -0.3 is 14.5 Å². The SMILES string of the molecule is COC(C)(C)C(=O)N1C[C@H](C)N(c2ncnc3c2c(-c2ccccc2)cn3-c2cc(C#N)ccn2)C[C@H]1C. The van der Waals surface area contributed by atoms with Crippen LogP contribution in [0.1, 0.15) is 33.3 Å². The highest BCUT2D eigenvalue weighted by molar-refractivity contribution is 6.02. The Labute approximate surface area is 222 Å². The quantitative estimate of drug-likeness (QED) is 0.397. The van der Waals surface area contributed by atoms with Crippen molar-refractivity contribution in [2.24, 2.45) is 0 Å². The number of piperazine rings is 1. The highest BCUT2D eigenvalue weighted by Crippen LogP contribution is 2.38. The molecule has 1 saturated heterocycles. The minimum Gasteiger partial charge on any atom is -0.369 e. The Kier molecular flexibility index (Phi) is 6.59. The number of nitriles is 1. The summed E-state index contributed by atoms with van der Waals surface area (Å²) < 4.78 is 7.39. The molecule has 1 amide bonds. The Morgan fingerprint density at radius 2 is 1.84 bits per heavy atom. The number of methoxy groups -OCH3 is 1. The molecule has 0 aliphatic carbocycles. The molecule has 4 aromatic rings. The number of aromatic nitrogens is 4. The zero-order valence-electron chi connectivity index (χ0n) is 22.3. The fraction of sp³-hybridized carbons (Fsp3) is 0.345. The lowest BCUT2D eigenvalue weighted by Crippen LogP contribution is -2.62. The smallest absolute Gasteiger partial charge is 0.254 e. The van der Waals surface area contributed by atoms with Crippen LogP contribution in [0.15, 0.2) is 61.2 Å². The van der Waals surface area contributed by atoms with E-state index in [9.17, 15) is 10.1 Å². The normalized spacial score (nSPS) is 18.0. The van der Waals surface area contributed by atoms with Crippen molar-refractivity contribution < 1.29 is 9.53 Å². The van der Waals surface area contributed by atoms with Gasteiger partial charge in [0.1, 0.15) is 23.6 Å². The van der Waals surface area contributed by atoms with Crippen LogP contribution in [0, 0.1) is 11.3 Å². The molecule has 1 aliphatic heterocycles. The van der Waals surface area contributed by atoms with Crippen molar-refractivity contribution in [3.05, 3.63) is 66.7 Å². The number of benzene rings is 1. The second-order valence-electron chi connectivity index (χ2n) is 10.2. The summed E-state index contributed by atoms with van der Waals surface area (Å²) in [6.45, 7) is 8.93. The number of carbonyl (C=O) groups is 1. The minimum atomic E-state index is -0.888. The number of nitrogens with zero attached hydrogens (tertiary/aromatic N) is 7. The molecule has 0 spiro atoms. The molecule has 0 bridgehead atoms. The number of anilines is 1. The van der Waals surface area contributed by atoms with E-state index in [1.165, 1.54) is 0 Å². The highest BCUT2D eigenvalue weighted by atomic mass is 16.5. The minimum absolute atomic E-state index is 0.00733. The summed E-state index contributed by atoms with van der Waals surface area (Å²) in [5.74, 6) is 1.40. The van der Waals surface area contributed by atoms with E-state index in [1.54, 1.807) is 45.6 Å². The zero-order chi connectivity index (χ0) is 27.0. The van der Waals surface area contributed by atoms with Crippen LogP contribution in [0.2, 0.25) is 0 Å². The zero-order valence-corrected chi connectivity index (χ0v) is 22.3. The fourth-order valence-electron chi connectivity index (χ4n) is 5.03. The number of ether oxygens (including phenoxy) is 1. The third-order valence-corrected chi connectivity index (χ3v) is 7.31. The molecule has 0 saturated carbocycles. The van der Waals surface area contributed by atoms with Gasteiger partial charge in [0.15, 0.2) is 5.65 Å². The molecule has 9 nitrogen and oxygen atoms in total. The maximum atomic E-state index is 13.2. The second kappa shape index (κ2) is 9.88. The summed E-state index contributed by atoms with van der Waals surface area (Å²) in [6.07, 6.45) is 5.21. The van der Waals surface area contributed by atoms with Crippen LogP contribution in [0.25, 0.3) is 28.0 Å². The first-order valence-electron chi connectivity index (χ1n) is 12.7. The van der Waals surface area contributed by atoms with Gasteiger partial charge in [-0.1, -0.05) is 30.3 Å². The van der Waals surface area contributed by atoms with E-state index in [0.717, 1.165) is 22.3 Å². The Balaban J connectivity index is 1.64. The van der Waals surface area contributed by atoms with Gasteiger partial charge in [0.05, 0.1) is 17.0 Å². The van der Waals surface area contributed by atoms with Crippen molar-refractivity contribution in [1.29, 1.82) is 5.26 Å². The molecule has 4 heterocycles. The predicted octanol–water partition coefficient (Wildman–Crippen LogP) is 4.20. The summed E-state index contributed by atoms with van der Waals surface area (Å²) in [4.78, 5) is 31.4. The van der Waals surface area contributed by atoms with Gasteiger partial charge in [0.25, 0.3) is 5.91 Å². The molecule has 0 unspecified atom stereocenters. The fourth-order valence-corrected chi connectivity index (χ4v) is 5.03. The first-order chi connectivity index (χ1) is 18.2. The van der Waals surface area contributed by atoms with E-state index < -0.39 is 5.60 Å². The summed E-state index contributed by atoms with van der Waals surface area (Å²) in [7, 11) is 1.57. The van der Waals surface area contributed by atoms with E-state index in [2.05, 4.69) is 46.9 Å². The number of amides is 1. The van der Waals surface area contributed by atoms with Crippen molar-refractivity contribution in [1.82, 2.24) is 24.4 Å². The van der Waals surface area contributed by atoms with Crippen LogP contribution in [-0.4, -0.2) is 68.2 Å². The number of hydrogen-bond donors (Lipinski definition) is 0. The third kappa shape index (κ3) is 4.37. The molecule has 1 fully saturated rings. The lowest BCUT2D eigenvalue weighted by Gasteiger charge is -2.46. The largest absolute Gasteiger partial charge is 0.369 e. The topological polar surface area (TPSA) is 100 Å². The maximum absolute atomic E-state index is 13.2. The van der Waals surface area contributed by atoms with Gasteiger partial charge in [-0.05, 0) is 45.4 Å². The van der Waals surface area contributed by atoms with Crippen molar-refractivity contribution in [3.63, 3.8) is 0 Å². The Bertz CT molecular complexity index is 1520. The first-order valence-corrected chi connectivity index (χ1v) is 12.7. The van der Waals surface area contributed by atoms with Gasteiger partial charge in [0, 0.05) is 50.2 Å². The third-order valence-electron chi connectivity index (χ3n) is 7.31. The van der Waals surface area contributed by atoms with E-state index in [4.69, 9.17) is 9.72 Å². The lowest BCUT2D eigenvalue weighted by atomic mass is 10.0. The van der Waals surface area contributed by atoms with Gasteiger partial charge in [-0.3, -0.25) is 9.36 Å². The summed E-state index contributed by atoms with van der Waals surface area (Å²) in [6, 6.07) is 15.7. The van der Waals surface area contributed by atoms with Gasteiger partial charge in [-0.25, -0.2) is 15.0 Å². The molecule has 0 radical (unpaired) electrons. The first kappa shape index (κ1) is 25.4. The highest BCUT2D eigenvalue weighted by Gasteiger charge is 2.40. The Morgan fingerprint density at radius 1 is 1.08 bits per heavy atom. The predicted molar refractivity (Wildman–Crippen MR) is 146 cm³/mol. The second-order valence-corrected chi connectivity index (χ2v) is 10.2. The van der Waals surface area contributed by atoms with E-state index in [0.29, 0.717) is 30.1 Å². The average Bonchev–Trinajstić information content (AvgIpc) is 3.34. The van der Waals surface area contributed by atoms with E-state index in [1.807, 2.05) is 33.9 Å². The Hall–Kier alpha value is -4.29. The molecular formula is C29H31N7O2. The molecule has 194 valence electrons. The molecular weight excluding hydrogens is 478 g/mol. The van der Waals surface area contributed by atoms with Crippen molar-refractivity contribution in [3.8, 4) is 23.0 Å². The van der Waals surface area contributed by atoms with Gasteiger partial charge >= 0.3 is 0 Å². The van der Waals surface area contributed by atoms with E-state index >= 15 is 0 Å². The summed E-state index contributed by atoms with van der Waals surface area (Å²) in [5.41, 5.74) is 2.34. The standard InChI is InChI=1S/C29H31N7O2/c1-19-16-35(28(37)29(3,4)38-5)20(2)15-34(19)26-25-23(22-9-7-6-8-10-22)17-36(27(25)33-18-32-26)24-13-21(14-30)11-12-31-24/h6-13,17-20H,15-16H2,1-5H3/t19-,20+/m0/s1. The molecule has 1 aromatic carbocycles. The molecule has 9 heteroatoms. The molecule has 1 aliphatic rings. The molecule has 2 atom stereocenters. The summed E-state index contributed by atoms with van der Waals surface area (Å²) in [5, 5.41) is 10.3. The summed E-state index contributed by atoms with van der Waals surface area (Å²) >= 11 is 0. The lowest BCUT2D eigenvalue weighted by molar-refractivity contribution is -0.154. The molecule has 0 N–H and O–H groups in total. The number of rotatable bonds is 5. The average molecular weight is 510 g/mol. The molecule has 3 aromatic heterocycles. The molecule has 38 heavy (non-hydrogen) atoms. The monoisotopic (exact) mass is 509 g/mol. The van der Waals surface area contributed by atoms with Gasteiger partial charge in [0.2, 0.25) is 0 Å². The number of carbonyl (C=O) groups excluding carboxylic acids is 1. The van der Waals surface area contributed by atoms with Crippen LogP contribution in [0.5, 0.6) is 0 Å². The number of fused-ring (bicyclic) bond motifs is 1. The van der Waals surface area contributed by atoms with Crippen LogP contribution >= 0.6 is 0 Å². The van der Waals surface area contributed by atoms with Crippen LogP contribution in [-0.2, 0) is 9.53 Å². The van der Waals surface area contributed by atoms with Gasteiger partial charge in [-0.2, -0.15) is 5.26 Å². The van der Waals surface area contributed by atoms with E-state index in [-0.39, 0.29) is 18.0 Å². The van der Waals surface area contributed by atoms with Crippen LogP contribution < -0.4 is 4.90 Å². The number of pyridine rings is 1.